The molecule has 0 bridgehead atoms. The predicted octanol–water partition coefficient (Wildman–Crippen LogP) is 0.469. The van der Waals surface area contributed by atoms with Crippen LogP contribution in [-0.4, -0.2) is 42.3 Å². The summed E-state index contributed by atoms with van der Waals surface area (Å²) in [5.74, 6) is -0.392. The van der Waals surface area contributed by atoms with Crippen molar-refractivity contribution in [2.45, 2.75) is 13.3 Å². The van der Waals surface area contributed by atoms with Crippen molar-refractivity contribution in [3.05, 3.63) is 24.0 Å². The standard InChI is InChI=1S/C13H20N4O2.ClH/c1-9(13(19)15-2)8-17(3)12(18)6-11-5-4-10(14)7-16-11;/h4-5,7,9H,6,8,14H2,1-3H3,(H,15,19);1H. The minimum Gasteiger partial charge on any atom is -0.397 e. The average Bonchev–Trinajstić information content (AvgIpc) is 2.40. The Balaban J connectivity index is 0.00000361. The Morgan fingerprint density at radius 1 is 1.45 bits per heavy atom. The van der Waals surface area contributed by atoms with Gasteiger partial charge in [-0.3, -0.25) is 14.6 Å². The molecular weight excluding hydrogens is 280 g/mol. The molecule has 1 aromatic rings. The summed E-state index contributed by atoms with van der Waals surface area (Å²) in [6.45, 7) is 2.16. The molecule has 0 saturated carbocycles. The molecule has 0 aliphatic heterocycles. The molecule has 0 fully saturated rings. The van der Waals surface area contributed by atoms with E-state index in [9.17, 15) is 9.59 Å². The lowest BCUT2D eigenvalue weighted by Gasteiger charge is -2.20. The summed E-state index contributed by atoms with van der Waals surface area (Å²) in [5.41, 5.74) is 6.76. The van der Waals surface area contributed by atoms with Crippen molar-refractivity contribution >= 4 is 29.9 Å². The Bertz CT molecular complexity index is 450. The van der Waals surface area contributed by atoms with E-state index in [4.69, 9.17) is 5.73 Å². The summed E-state index contributed by atoms with van der Waals surface area (Å²) < 4.78 is 0. The lowest BCUT2D eigenvalue weighted by atomic mass is 10.1. The first-order valence-corrected chi connectivity index (χ1v) is 6.10. The third-order valence-electron chi connectivity index (χ3n) is 2.85. The Morgan fingerprint density at radius 3 is 2.60 bits per heavy atom. The van der Waals surface area contributed by atoms with Crippen LogP contribution in [0.1, 0.15) is 12.6 Å². The summed E-state index contributed by atoms with van der Waals surface area (Å²) in [6.07, 6.45) is 1.73. The highest BCUT2D eigenvalue weighted by Crippen LogP contribution is 2.05. The molecule has 3 N–H and O–H groups in total. The van der Waals surface area contributed by atoms with E-state index in [0.29, 0.717) is 17.9 Å². The highest BCUT2D eigenvalue weighted by atomic mass is 35.5. The number of carbonyl (C=O) groups excluding carboxylic acids is 2. The Morgan fingerprint density at radius 2 is 2.10 bits per heavy atom. The molecule has 7 heteroatoms. The van der Waals surface area contributed by atoms with Crippen molar-refractivity contribution in [3.8, 4) is 0 Å². The van der Waals surface area contributed by atoms with Crippen molar-refractivity contribution in [2.24, 2.45) is 5.92 Å². The van der Waals surface area contributed by atoms with Gasteiger partial charge in [0.25, 0.3) is 0 Å². The number of nitrogens with one attached hydrogen (secondary N) is 1. The van der Waals surface area contributed by atoms with Crippen LogP contribution in [0.3, 0.4) is 0 Å². The first kappa shape index (κ1) is 18.2. The third kappa shape index (κ3) is 5.44. The molecule has 0 spiro atoms. The number of aromatic nitrogens is 1. The van der Waals surface area contributed by atoms with Gasteiger partial charge in [0.2, 0.25) is 11.8 Å². The summed E-state index contributed by atoms with van der Waals surface area (Å²) in [7, 11) is 3.26. The van der Waals surface area contributed by atoms with Crippen LogP contribution < -0.4 is 11.1 Å². The van der Waals surface area contributed by atoms with Gasteiger partial charge in [-0.15, -0.1) is 12.4 Å². The maximum atomic E-state index is 12.0. The monoisotopic (exact) mass is 300 g/mol. The fourth-order valence-corrected chi connectivity index (χ4v) is 1.67. The number of nitrogens with two attached hydrogens (primary N) is 1. The summed E-state index contributed by atoms with van der Waals surface area (Å²) in [5, 5.41) is 2.56. The maximum absolute atomic E-state index is 12.0. The molecule has 0 radical (unpaired) electrons. The number of nitrogen functional groups attached to an aromatic ring is 1. The zero-order valence-corrected chi connectivity index (χ0v) is 12.7. The average molecular weight is 301 g/mol. The third-order valence-corrected chi connectivity index (χ3v) is 2.85. The van der Waals surface area contributed by atoms with Crippen molar-refractivity contribution in [3.63, 3.8) is 0 Å². The second kappa shape index (κ2) is 8.37. The number of halogens is 1. The number of anilines is 1. The normalized spacial score (nSPS) is 11.2. The van der Waals surface area contributed by atoms with Gasteiger partial charge in [-0.1, -0.05) is 6.92 Å². The van der Waals surface area contributed by atoms with Gasteiger partial charge in [-0.2, -0.15) is 0 Å². The highest BCUT2D eigenvalue weighted by molar-refractivity contribution is 5.85. The highest BCUT2D eigenvalue weighted by Gasteiger charge is 2.17. The summed E-state index contributed by atoms with van der Waals surface area (Å²) >= 11 is 0. The molecule has 20 heavy (non-hydrogen) atoms. The van der Waals surface area contributed by atoms with Crippen LogP contribution in [0.2, 0.25) is 0 Å². The van der Waals surface area contributed by atoms with Crippen LogP contribution >= 0.6 is 12.4 Å². The fraction of sp³-hybridized carbons (Fsp3) is 0.462. The molecule has 1 heterocycles. The minimum atomic E-state index is -0.238. The molecule has 0 aliphatic carbocycles. The van der Waals surface area contributed by atoms with Crippen LogP contribution in [0, 0.1) is 5.92 Å². The number of rotatable bonds is 5. The van der Waals surface area contributed by atoms with Crippen LogP contribution in [0.25, 0.3) is 0 Å². The van der Waals surface area contributed by atoms with Gasteiger partial charge in [0.05, 0.1) is 24.2 Å². The van der Waals surface area contributed by atoms with Crippen molar-refractivity contribution in [1.82, 2.24) is 15.2 Å². The number of pyridine rings is 1. The van der Waals surface area contributed by atoms with Gasteiger partial charge in [-0.25, -0.2) is 0 Å². The second-order valence-electron chi connectivity index (χ2n) is 4.55. The molecule has 112 valence electrons. The molecule has 2 amide bonds. The molecular formula is C13H21ClN4O2. The SMILES string of the molecule is CNC(=O)C(C)CN(C)C(=O)Cc1ccc(N)cn1.Cl. The van der Waals surface area contributed by atoms with Gasteiger partial charge >= 0.3 is 0 Å². The van der Waals surface area contributed by atoms with E-state index in [1.807, 2.05) is 0 Å². The van der Waals surface area contributed by atoms with Gasteiger partial charge in [0.15, 0.2) is 0 Å². The number of nitrogens with zero attached hydrogens (tertiary/aromatic N) is 2. The zero-order chi connectivity index (χ0) is 14.4. The zero-order valence-electron chi connectivity index (χ0n) is 11.9. The molecule has 1 aromatic heterocycles. The fourth-order valence-electron chi connectivity index (χ4n) is 1.67. The quantitative estimate of drug-likeness (QED) is 0.827. The van der Waals surface area contributed by atoms with Crippen LogP contribution in [-0.2, 0) is 16.0 Å². The lowest BCUT2D eigenvalue weighted by Crippen LogP contribution is -2.38. The van der Waals surface area contributed by atoms with Gasteiger partial charge in [0, 0.05) is 26.3 Å². The molecule has 0 saturated heterocycles. The van der Waals surface area contributed by atoms with Gasteiger partial charge < -0.3 is 16.0 Å². The van der Waals surface area contributed by atoms with Crippen molar-refractivity contribution < 1.29 is 9.59 Å². The first-order valence-electron chi connectivity index (χ1n) is 6.10. The van der Waals surface area contributed by atoms with Crippen molar-refractivity contribution in [2.75, 3.05) is 26.4 Å². The number of carbonyl (C=O) groups is 2. The second-order valence-corrected chi connectivity index (χ2v) is 4.55. The number of hydrogen-bond acceptors (Lipinski definition) is 4. The molecule has 1 atom stereocenters. The Kier molecular flexibility index (Phi) is 7.61. The van der Waals surface area contributed by atoms with Crippen LogP contribution in [0.15, 0.2) is 18.3 Å². The minimum absolute atomic E-state index is 0. The molecule has 6 nitrogen and oxygen atoms in total. The van der Waals surface area contributed by atoms with E-state index in [-0.39, 0.29) is 36.6 Å². The smallest absolute Gasteiger partial charge is 0.228 e. The van der Waals surface area contributed by atoms with E-state index >= 15 is 0 Å². The summed E-state index contributed by atoms with van der Waals surface area (Å²) in [6, 6.07) is 3.44. The van der Waals surface area contributed by atoms with Crippen LogP contribution in [0.5, 0.6) is 0 Å². The number of likely N-dealkylation sites (N-methyl/N-ethyl adjacent to an activating group) is 1. The van der Waals surface area contributed by atoms with E-state index in [0.717, 1.165) is 0 Å². The van der Waals surface area contributed by atoms with E-state index < -0.39 is 0 Å². The molecule has 0 aromatic carbocycles. The predicted molar refractivity (Wildman–Crippen MR) is 80.5 cm³/mol. The van der Waals surface area contributed by atoms with E-state index in [1.54, 1.807) is 33.2 Å². The first-order chi connectivity index (χ1) is 8.93. The largest absolute Gasteiger partial charge is 0.397 e. The molecule has 1 rings (SSSR count). The molecule has 0 aliphatic rings. The lowest BCUT2D eigenvalue weighted by molar-refractivity contribution is -0.131. The topological polar surface area (TPSA) is 88.3 Å². The number of amides is 2. The Hall–Kier alpha value is -1.82. The van der Waals surface area contributed by atoms with Gasteiger partial charge in [0.1, 0.15) is 0 Å². The number of hydrogen-bond donors (Lipinski definition) is 2. The Labute approximate surface area is 125 Å². The van der Waals surface area contributed by atoms with E-state index in [1.165, 1.54) is 11.1 Å². The van der Waals surface area contributed by atoms with Crippen molar-refractivity contribution in [1.29, 1.82) is 0 Å². The maximum Gasteiger partial charge on any atom is 0.228 e. The van der Waals surface area contributed by atoms with Crippen LogP contribution in [0.4, 0.5) is 5.69 Å². The van der Waals surface area contributed by atoms with E-state index in [2.05, 4.69) is 10.3 Å². The van der Waals surface area contributed by atoms with Gasteiger partial charge in [-0.05, 0) is 12.1 Å². The molecule has 1 unspecified atom stereocenters. The summed E-state index contributed by atoms with van der Waals surface area (Å²) in [4.78, 5) is 29.0.